The molecule has 0 unspecified atom stereocenters. The van der Waals surface area contributed by atoms with E-state index in [2.05, 4.69) is 5.32 Å². The van der Waals surface area contributed by atoms with Crippen molar-refractivity contribution in [2.75, 3.05) is 25.1 Å². The molecule has 1 N–H and O–H groups in total. The average Bonchev–Trinajstić information content (AvgIpc) is 2.42. The van der Waals surface area contributed by atoms with Crippen LogP contribution in [0, 0.1) is 0 Å². The van der Waals surface area contributed by atoms with Gasteiger partial charge in [-0.05, 0) is 44.4 Å². The lowest BCUT2D eigenvalue weighted by Gasteiger charge is -2.19. The average molecular weight is 386 g/mol. The van der Waals surface area contributed by atoms with Crippen LogP contribution in [-0.4, -0.2) is 37.2 Å². The van der Waals surface area contributed by atoms with Crippen LogP contribution in [0.5, 0.6) is 0 Å². The van der Waals surface area contributed by atoms with E-state index in [-0.39, 0.29) is 18.8 Å². The summed E-state index contributed by atoms with van der Waals surface area (Å²) in [5.74, 6) is -3.33. The van der Waals surface area contributed by atoms with Gasteiger partial charge < -0.3 is 5.32 Å². The maximum absolute atomic E-state index is 12.6. The lowest BCUT2D eigenvalue weighted by atomic mass is 10.1. The normalized spacial score (nSPS) is 12.3. The Kier molecular flexibility index (Phi) is 16.2. The fourth-order valence-electron chi connectivity index (χ4n) is 2.03. The number of hydrogen-bond donors (Lipinski definition) is 1. The summed E-state index contributed by atoms with van der Waals surface area (Å²) < 4.78 is 61.0. The molecule has 0 spiro atoms. The Bertz CT molecular complexity index is 265. The summed E-state index contributed by atoms with van der Waals surface area (Å²) in [5.41, 5.74) is 0. The van der Waals surface area contributed by atoms with Crippen molar-refractivity contribution < 1.29 is 22.0 Å². The van der Waals surface area contributed by atoms with Crippen molar-refractivity contribution in [2.45, 2.75) is 69.9 Å². The van der Waals surface area contributed by atoms with Gasteiger partial charge in [-0.2, -0.15) is 33.7 Å². The summed E-state index contributed by atoms with van der Waals surface area (Å²) in [4.78, 5) is 0. The molecule has 142 valence electrons. The quantitative estimate of drug-likeness (QED) is 0.287. The number of nitrogens with one attached hydrogen (secondary N) is 1. The van der Waals surface area contributed by atoms with E-state index in [1.54, 1.807) is 0 Å². The van der Waals surface area contributed by atoms with E-state index in [4.69, 9.17) is 0 Å². The summed E-state index contributed by atoms with van der Waals surface area (Å²) in [7, 11) is 1.95. The molecular weight excluding hydrogens is 357 g/mol. The summed E-state index contributed by atoms with van der Waals surface area (Å²) >= 11 is 1.47. The highest BCUT2D eigenvalue weighted by Gasteiger charge is 2.56. The third kappa shape index (κ3) is 14.3. The van der Waals surface area contributed by atoms with E-state index in [1.807, 2.05) is 7.05 Å². The molecule has 0 heterocycles. The number of unbranched alkanes of at least 4 members (excludes halogenated alkanes) is 6. The van der Waals surface area contributed by atoms with Gasteiger partial charge in [-0.25, -0.2) is 0 Å². The molecule has 0 saturated heterocycles. The fourth-order valence-corrected chi connectivity index (χ4v) is 2.99. The van der Waals surface area contributed by atoms with Crippen molar-refractivity contribution in [3.05, 3.63) is 0 Å². The predicted octanol–water partition coefficient (Wildman–Crippen LogP) is 6.07. The summed E-state index contributed by atoms with van der Waals surface area (Å²) in [6.45, 7) is 1.06. The number of hydrogen-bond acceptors (Lipinski definition) is 2. The van der Waals surface area contributed by atoms with Crippen LogP contribution in [0.2, 0.25) is 0 Å². The highest BCUT2D eigenvalue weighted by Crippen LogP contribution is 2.39. The van der Waals surface area contributed by atoms with Crippen LogP contribution in [0.4, 0.5) is 22.0 Å². The Morgan fingerprint density at radius 2 is 1.22 bits per heavy atom. The van der Waals surface area contributed by atoms with Crippen molar-refractivity contribution in [3.8, 4) is 0 Å². The van der Waals surface area contributed by atoms with Gasteiger partial charge in [0, 0.05) is 6.42 Å². The third-order valence-corrected chi connectivity index (χ3v) is 4.56. The maximum atomic E-state index is 12.6. The lowest BCUT2D eigenvalue weighted by molar-refractivity contribution is -0.284. The topological polar surface area (TPSA) is 12.0 Å². The van der Waals surface area contributed by atoms with Gasteiger partial charge in [-0.1, -0.05) is 32.1 Å². The van der Waals surface area contributed by atoms with Crippen molar-refractivity contribution in [2.24, 2.45) is 0 Å². The molecule has 0 bridgehead atoms. The molecule has 0 aromatic heterocycles. The number of rotatable bonds is 14. The Hall–Kier alpha value is 0.250. The smallest absolute Gasteiger partial charge is 0.320 e. The third-order valence-electron chi connectivity index (χ3n) is 3.41. The zero-order valence-corrected chi connectivity index (χ0v) is 15.3. The van der Waals surface area contributed by atoms with Crippen molar-refractivity contribution >= 4 is 24.2 Å². The van der Waals surface area contributed by atoms with Gasteiger partial charge >= 0.3 is 12.1 Å². The van der Waals surface area contributed by atoms with Gasteiger partial charge in [0.1, 0.15) is 0 Å². The monoisotopic (exact) mass is 385 g/mol. The molecular formula is C15H29ClF5NS. The largest absolute Gasteiger partial charge is 0.453 e. The van der Waals surface area contributed by atoms with Gasteiger partial charge in [-0.3, -0.25) is 0 Å². The summed E-state index contributed by atoms with van der Waals surface area (Å²) in [5, 5.41) is 3.11. The molecule has 0 atom stereocenters. The Balaban J connectivity index is 0. The second-order valence-corrected chi connectivity index (χ2v) is 6.72. The molecule has 0 aliphatic heterocycles. The van der Waals surface area contributed by atoms with E-state index in [0.717, 1.165) is 25.1 Å². The molecule has 0 rings (SSSR count). The Morgan fingerprint density at radius 1 is 0.739 bits per heavy atom. The van der Waals surface area contributed by atoms with Crippen LogP contribution >= 0.6 is 24.2 Å². The predicted molar refractivity (Wildman–Crippen MR) is 91.1 cm³/mol. The van der Waals surface area contributed by atoms with Crippen molar-refractivity contribution in [1.82, 2.24) is 5.32 Å². The number of halogens is 6. The molecule has 0 aromatic rings. The van der Waals surface area contributed by atoms with E-state index >= 15 is 0 Å². The van der Waals surface area contributed by atoms with Gasteiger partial charge in [0.15, 0.2) is 0 Å². The van der Waals surface area contributed by atoms with E-state index < -0.39 is 18.5 Å². The highest BCUT2D eigenvalue weighted by atomic mass is 35.5. The lowest BCUT2D eigenvalue weighted by Crippen LogP contribution is -2.36. The maximum Gasteiger partial charge on any atom is 0.453 e. The number of thioether (sulfide) groups is 1. The minimum absolute atomic E-state index is 0. The SMILES string of the molecule is CNCCCCCCCCCSCCCC(F)(F)C(F)(F)F.Cl. The first kappa shape index (κ1) is 25.5. The second kappa shape index (κ2) is 14.6. The molecule has 0 aromatic carbocycles. The zero-order chi connectivity index (χ0) is 16.9. The van der Waals surface area contributed by atoms with E-state index in [1.165, 1.54) is 43.9 Å². The van der Waals surface area contributed by atoms with Gasteiger partial charge in [0.05, 0.1) is 0 Å². The summed E-state index contributed by atoms with van der Waals surface area (Å²) in [6.07, 6.45) is 1.58. The first-order chi connectivity index (χ1) is 10.3. The van der Waals surface area contributed by atoms with E-state index in [9.17, 15) is 22.0 Å². The Labute approximate surface area is 147 Å². The minimum atomic E-state index is -5.41. The Morgan fingerprint density at radius 3 is 1.74 bits per heavy atom. The molecule has 1 nitrogen and oxygen atoms in total. The molecule has 0 fully saturated rings. The van der Waals surface area contributed by atoms with Gasteiger partial charge in [0.25, 0.3) is 0 Å². The molecule has 23 heavy (non-hydrogen) atoms. The summed E-state index contributed by atoms with van der Waals surface area (Å²) in [6, 6.07) is 0. The van der Waals surface area contributed by atoms with Crippen molar-refractivity contribution in [1.29, 1.82) is 0 Å². The molecule has 0 amide bonds. The van der Waals surface area contributed by atoms with Gasteiger partial charge in [0.2, 0.25) is 0 Å². The minimum Gasteiger partial charge on any atom is -0.320 e. The van der Waals surface area contributed by atoms with Crippen LogP contribution in [0.1, 0.15) is 57.8 Å². The fraction of sp³-hybridized carbons (Fsp3) is 1.00. The highest BCUT2D eigenvalue weighted by molar-refractivity contribution is 7.99. The molecule has 0 aliphatic carbocycles. The van der Waals surface area contributed by atoms with E-state index in [0.29, 0.717) is 5.75 Å². The first-order valence-electron chi connectivity index (χ1n) is 7.98. The molecule has 0 radical (unpaired) electrons. The molecule has 0 aliphatic rings. The standard InChI is InChI=1S/C15H28F5NS.ClH/c1-21-11-7-5-3-2-4-6-8-12-22-13-9-10-14(16,17)15(18,19)20;/h21H,2-13H2,1H3;1H. The van der Waals surface area contributed by atoms with Crippen molar-refractivity contribution in [3.63, 3.8) is 0 Å². The van der Waals surface area contributed by atoms with Crippen LogP contribution < -0.4 is 5.32 Å². The van der Waals surface area contributed by atoms with Gasteiger partial charge in [-0.15, -0.1) is 12.4 Å². The van der Waals surface area contributed by atoms with Crippen LogP contribution in [0.3, 0.4) is 0 Å². The second-order valence-electron chi connectivity index (χ2n) is 5.50. The first-order valence-corrected chi connectivity index (χ1v) is 9.13. The zero-order valence-electron chi connectivity index (χ0n) is 13.7. The van der Waals surface area contributed by atoms with Crippen LogP contribution in [0.25, 0.3) is 0 Å². The molecule has 0 saturated carbocycles. The molecule has 8 heteroatoms. The van der Waals surface area contributed by atoms with Crippen LogP contribution in [-0.2, 0) is 0 Å². The number of alkyl halides is 5. The van der Waals surface area contributed by atoms with Crippen LogP contribution in [0.15, 0.2) is 0 Å².